The van der Waals surface area contributed by atoms with Gasteiger partial charge in [0.15, 0.2) is 0 Å². The van der Waals surface area contributed by atoms with Gasteiger partial charge < -0.3 is 11.1 Å². The zero-order valence-electron chi connectivity index (χ0n) is 12.6. The van der Waals surface area contributed by atoms with Crippen LogP contribution in [0.2, 0.25) is 0 Å². The summed E-state index contributed by atoms with van der Waals surface area (Å²) in [6, 6.07) is 10.3. The Morgan fingerprint density at radius 2 is 1.95 bits per heavy atom. The lowest BCUT2D eigenvalue weighted by atomic mass is 9.68. The molecular formula is C17H26N2O. The molecule has 3 nitrogen and oxygen atoms in total. The van der Waals surface area contributed by atoms with Crippen molar-refractivity contribution >= 4 is 5.91 Å². The van der Waals surface area contributed by atoms with E-state index < -0.39 is 0 Å². The maximum absolute atomic E-state index is 12.6. The molecule has 3 N–H and O–H groups in total. The van der Waals surface area contributed by atoms with E-state index in [2.05, 4.69) is 31.3 Å². The Morgan fingerprint density at radius 3 is 2.40 bits per heavy atom. The zero-order valence-corrected chi connectivity index (χ0v) is 12.6. The Balaban J connectivity index is 2.10. The second-order valence-electron chi connectivity index (χ2n) is 6.40. The molecule has 2 rings (SSSR count). The first-order valence-electron chi connectivity index (χ1n) is 7.63. The summed E-state index contributed by atoms with van der Waals surface area (Å²) >= 11 is 0. The van der Waals surface area contributed by atoms with Crippen LogP contribution in [0.5, 0.6) is 0 Å². The number of carbonyl (C=O) groups is 1. The number of hydrogen-bond acceptors (Lipinski definition) is 2. The first-order valence-corrected chi connectivity index (χ1v) is 7.63. The van der Waals surface area contributed by atoms with Crippen LogP contribution < -0.4 is 11.1 Å². The molecule has 1 amide bonds. The Bertz CT molecular complexity index is 432. The van der Waals surface area contributed by atoms with Crippen LogP contribution in [0, 0.1) is 11.3 Å². The van der Waals surface area contributed by atoms with Crippen LogP contribution in [0.3, 0.4) is 0 Å². The normalized spacial score (nSPS) is 18.4. The van der Waals surface area contributed by atoms with Crippen molar-refractivity contribution in [1.29, 1.82) is 0 Å². The smallest absolute Gasteiger partial charge is 0.227 e. The van der Waals surface area contributed by atoms with Crippen LogP contribution in [-0.4, -0.2) is 12.5 Å². The fourth-order valence-electron chi connectivity index (χ4n) is 2.87. The lowest BCUT2D eigenvalue weighted by Gasteiger charge is -2.40. The fourth-order valence-corrected chi connectivity index (χ4v) is 2.87. The van der Waals surface area contributed by atoms with E-state index >= 15 is 0 Å². The van der Waals surface area contributed by atoms with Gasteiger partial charge >= 0.3 is 0 Å². The van der Waals surface area contributed by atoms with E-state index in [1.54, 1.807) is 0 Å². The van der Waals surface area contributed by atoms with Gasteiger partial charge in [-0.25, -0.2) is 0 Å². The summed E-state index contributed by atoms with van der Waals surface area (Å²) in [5.74, 6) is 0.677. The highest BCUT2D eigenvalue weighted by molar-refractivity contribution is 5.84. The molecule has 0 spiro atoms. The van der Waals surface area contributed by atoms with Gasteiger partial charge in [0.25, 0.3) is 0 Å². The van der Waals surface area contributed by atoms with Crippen molar-refractivity contribution in [3.8, 4) is 0 Å². The third-order valence-corrected chi connectivity index (χ3v) is 4.40. The lowest BCUT2D eigenvalue weighted by molar-refractivity contribution is -0.136. The lowest BCUT2D eigenvalue weighted by Crippen LogP contribution is -2.51. The molecule has 0 saturated heterocycles. The summed E-state index contributed by atoms with van der Waals surface area (Å²) < 4.78 is 0. The predicted octanol–water partition coefficient (Wildman–Crippen LogP) is 3.02. The molecule has 20 heavy (non-hydrogen) atoms. The molecule has 0 radical (unpaired) electrons. The highest BCUT2D eigenvalue weighted by atomic mass is 16.2. The fraction of sp³-hybridized carbons (Fsp3) is 0.588. The van der Waals surface area contributed by atoms with Crippen molar-refractivity contribution in [3.05, 3.63) is 35.9 Å². The number of benzene rings is 1. The first-order chi connectivity index (χ1) is 9.57. The third kappa shape index (κ3) is 3.21. The molecule has 110 valence electrons. The van der Waals surface area contributed by atoms with Crippen LogP contribution in [0.1, 0.15) is 51.1 Å². The molecule has 1 saturated carbocycles. The van der Waals surface area contributed by atoms with Crippen molar-refractivity contribution in [2.24, 2.45) is 17.1 Å². The Kier molecular flexibility index (Phi) is 4.81. The standard InChI is InChI=1S/C17H26N2O/c1-13(2)11-15(14-7-4-3-5-8-14)19-16(20)17(12-18)9-6-10-17/h3-5,7-8,13,15H,6,9-12,18H2,1-2H3,(H,19,20). The molecule has 0 heterocycles. The molecule has 3 heteroatoms. The van der Waals surface area contributed by atoms with Crippen LogP contribution in [0.4, 0.5) is 0 Å². The van der Waals surface area contributed by atoms with Gasteiger partial charge in [0.2, 0.25) is 5.91 Å². The molecule has 1 aliphatic carbocycles. The maximum Gasteiger partial charge on any atom is 0.227 e. The highest BCUT2D eigenvalue weighted by Gasteiger charge is 2.43. The largest absolute Gasteiger partial charge is 0.349 e. The van der Waals surface area contributed by atoms with Crippen molar-refractivity contribution < 1.29 is 4.79 Å². The van der Waals surface area contributed by atoms with Gasteiger partial charge in [-0.1, -0.05) is 50.6 Å². The molecule has 0 aliphatic heterocycles. The Hall–Kier alpha value is -1.35. The summed E-state index contributed by atoms with van der Waals surface area (Å²) in [7, 11) is 0. The molecule has 0 aromatic heterocycles. The SMILES string of the molecule is CC(C)CC(NC(=O)C1(CN)CCC1)c1ccccc1. The maximum atomic E-state index is 12.6. The van der Waals surface area contributed by atoms with Gasteiger partial charge in [-0.2, -0.15) is 0 Å². The number of amides is 1. The Labute approximate surface area is 121 Å². The molecule has 1 unspecified atom stereocenters. The predicted molar refractivity (Wildman–Crippen MR) is 82.1 cm³/mol. The number of rotatable bonds is 6. The van der Waals surface area contributed by atoms with E-state index in [-0.39, 0.29) is 17.4 Å². The van der Waals surface area contributed by atoms with Crippen LogP contribution in [0.25, 0.3) is 0 Å². The van der Waals surface area contributed by atoms with Crippen molar-refractivity contribution in [2.45, 2.75) is 45.6 Å². The number of nitrogens with one attached hydrogen (secondary N) is 1. The molecular weight excluding hydrogens is 248 g/mol. The molecule has 1 aliphatic rings. The van der Waals surface area contributed by atoms with E-state index in [0.717, 1.165) is 25.7 Å². The van der Waals surface area contributed by atoms with E-state index in [1.807, 2.05) is 18.2 Å². The summed E-state index contributed by atoms with van der Waals surface area (Å²) in [5, 5.41) is 3.24. The highest BCUT2D eigenvalue weighted by Crippen LogP contribution is 2.40. The molecule has 1 aromatic rings. The molecule has 1 atom stereocenters. The monoisotopic (exact) mass is 274 g/mol. The minimum Gasteiger partial charge on any atom is -0.349 e. The zero-order chi connectivity index (χ0) is 14.6. The van der Waals surface area contributed by atoms with Gasteiger partial charge in [0, 0.05) is 6.54 Å². The van der Waals surface area contributed by atoms with E-state index in [4.69, 9.17) is 5.73 Å². The quantitative estimate of drug-likeness (QED) is 0.837. The molecule has 1 aromatic carbocycles. The second-order valence-corrected chi connectivity index (χ2v) is 6.40. The van der Waals surface area contributed by atoms with Crippen LogP contribution in [-0.2, 0) is 4.79 Å². The topological polar surface area (TPSA) is 55.1 Å². The van der Waals surface area contributed by atoms with E-state index in [1.165, 1.54) is 5.56 Å². The number of carbonyl (C=O) groups excluding carboxylic acids is 1. The summed E-state index contributed by atoms with van der Waals surface area (Å²) in [5.41, 5.74) is 6.70. The summed E-state index contributed by atoms with van der Waals surface area (Å²) in [4.78, 5) is 12.6. The van der Waals surface area contributed by atoms with Gasteiger partial charge in [-0.3, -0.25) is 4.79 Å². The molecule has 1 fully saturated rings. The van der Waals surface area contributed by atoms with Crippen molar-refractivity contribution in [1.82, 2.24) is 5.32 Å². The number of hydrogen-bond donors (Lipinski definition) is 2. The van der Waals surface area contributed by atoms with Crippen LogP contribution >= 0.6 is 0 Å². The summed E-state index contributed by atoms with van der Waals surface area (Å²) in [6.45, 7) is 4.83. The molecule has 0 bridgehead atoms. The number of nitrogens with two attached hydrogens (primary N) is 1. The average molecular weight is 274 g/mol. The first kappa shape index (κ1) is 15.0. The Morgan fingerprint density at radius 1 is 1.30 bits per heavy atom. The van der Waals surface area contributed by atoms with Gasteiger partial charge in [0.1, 0.15) is 0 Å². The van der Waals surface area contributed by atoms with Crippen molar-refractivity contribution in [3.63, 3.8) is 0 Å². The second kappa shape index (κ2) is 6.40. The average Bonchev–Trinajstić information content (AvgIpc) is 2.38. The van der Waals surface area contributed by atoms with E-state index in [9.17, 15) is 4.79 Å². The summed E-state index contributed by atoms with van der Waals surface area (Å²) in [6.07, 6.45) is 3.93. The minimum atomic E-state index is -0.302. The van der Waals surface area contributed by atoms with Gasteiger partial charge in [-0.05, 0) is 30.7 Å². The van der Waals surface area contributed by atoms with Gasteiger partial charge in [0.05, 0.1) is 11.5 Å². The third-order valence-electron chi connectivity index (χ3n) is 4.40. The van der Waals surface area contributed by atoms with E-state index in [0.29, 0.717) is 12.5 Å². The van der Waals surface area contributed by atoms with Crippen LogP contribution in [0.15, 0.2) is 30.3 Å². The van der Waals surface area contributed by atoms with Crippen molar-refractivity contribution in [2.75, 3.05) is 6.54 Å². The van der Waals surface area contributed by atoms with Gasteiger partial charge in [-0.15, -0.1) is 0 Å². The minimum absolute atomic E-state index is 0.0905.